The molecule has 1 aliphatic rings. The molecule has 1 aromatic heterocycles. The van der Waals surface area contributed by atoms with Gasteiger partial charge in [0, 0.05) is 29.6 Å². The van der Waals surface area contributed by atoms with Crippen LogP contribution in [0.15, 0.2) is 54.6 Å². The molecule has 1 aliphatic heterocycles. The number of nitrogens with one attached hydrogen (secondary N) is 3. The normalized spacial score (nSPS) is 14.4. The van der Waals surface area contributed by atoms with Crippen molar-refractivity contribution in [3.8, 4) is 11.3 Å². The predicted octanol–water partition coefficient (Wildman–Crippen LogP) is 4.61. The smallest absolute Gasteiger partial charge is 0.242 e. The molecule has 3 N–H and O–H groups in total. The summed E-state index contributed by atoms with van der Waals surface area (Å²) in [5.41, 5.74) is 4.43. The number of nitrogens with zero attached hydrogens (tertiary/aromatic N) is 1. The number of para-hydroxylation sites is 1. The van der Waals surface area contributed by atoms with E-state index < -0.39 is 6.04 Å². The molecule has 1 atom stereocenters. The Morgan fingerprint density at radius 3 is 2.45 bits per heavy atom. The van der Waals surface area contributed by atoms with Gasteiger partial charge in [-0.2, -0.15) is 0 Å². The number of fused-ring (bicyclic) bond motifs is 1. The van der Waals surface area contributed by atoms with Crippen molar-refractivity contribution >= 4 is 28.5 Å². The van der Waals surface area contributed by atoms with Crippen molar-refractivity contribution in [3.05, 3.63) is 60.2 Å². The number of Topliss-reactive ketones (excluding diaryl/α,β-unsaturated/α-hetero) is 1. The first-order valence-corrected chi connectivity index (χ1v) is 13.9. The highest BCUT2D eigenvalue weighted by molar-refractivity contribution is 5.91. The number of aromatic nitrogens is 1. The van der Waals surface area contributed by atoms with E-state index in [2.05, 4.69) is 44.8 Å². The zero-order chi connectivity index (χ0) is 26.7. The van der Waals surface area contributed by atoms with E-state index in [4.69, 9.17) is 0 Å². The Balaban J connectivity index is 1.38. The zero-order valence-corrected chi connectivity index (χ0v) is 22.4. The highest BCUT2D eigenvalue weighted by atomic mass is 16.2. The summed E-state index contributed by atoms with van der Waals surface area (Å²) in [7, 11) is 0. The van der Waals surface area contributed by atoms with Crippen LogP contribution < -0.4 is 10.6 Å². The molecule has 7 heteroatoms. The fraction of sp³-hybridized carbons (Fsp3) is 0.452. The quantitative estimate of drug-likeness (QED) is 0.273. The van der Waals surface area contributed by atoms with Crippen molar-refractivity contribution in [1.29, 1.82) is 0 Å². The van der Waals surface area contributed by atoms with Crippen LogP contribution in [0.5, 0.6) is 0 Å². The van der Waals surface area contributed by atoms with Gasteiger partial charge in [-0.3, -0.25) is 14.5 Å². The SMILES string of the molecule is CC(=O)CCCCC[C@H](NC(=O)CN1CCCC1)C(=O)NCCc1c(-c2ccccc2)[nH]c2ccccc12. The van der Waals surface area contributed by atoms with Gasteiger partial charge in [0.25, 0.3) is 0 Å². The first-order valence-electron chi connectivity index (χ1n) is 13.9. The fourth-order valence-corrected chi connectivity index (χ4v) is 5.30. The van der Waals surface area contributed by atoms with Crippen LogP contribution >= 0.6 is 0 Å². The molecule has 0 unspecified atom stereocenters. The molecule has 0 saturated carbocycles. The molecule has 2 aromatic carbocycles. The lowest BCUT2D eigenvalue weighted by atomic mass is 10.0. The van der Waals surface area contributed by atoms with Crippen LogP contribution in [0, 0.1) is 0 Å². The van der Waals surface area contributed by atoms with Crippen molar-refractivity contribution in [2.24, 2.45) is 0 Å². The highest BCUT2D eigenvalue weighted by Gasteiger charge is 2.23. The van der Waals surface area contributed by atoms with Gasteiger partial charge in [0.15, 0.2) is 0 Å². The van der Waals surface area contributed by atoms with E-state index in [0.717, 1.165) is 67.4 Å². The van der Waals surface area contributed by atoms with Crippen molar-refractivity contribution in [2.75, 3.05) is 26.2 Å². The molecule has 0 aliphatic carbocycles. The molecule has 7 nitrogen and oxygen atoms in total. The summed E-state index contributed by atoms with van der Waals surface area (Å²) >= 11 is 0. The number of rotatable bonds is 14. The summed E-state index contributed by atoms with van der Waals surface area (Å²) in [4.78, 5) is 42.9. The van der Waals surface area contributed by atoms with E-state index in [9.17, 15) is 14.4 Å². The first kappa shape index (κ1) is 27.6. The minimum absolute atomic E-state index is 0.0984. The van der Waals surface area contributed by atoms with Crippen LogP contribution in [0.2, 0.25) is 0 Å². The molecule has 1 saturated heterocycles. The van der Waals surface area contributed by atoms with Crippen LogP contribution in [0.25, 0.3) is 22.2 Å². The number of hydrogen-bond acceptors (Lipinski definition) is 4. The summed E-state index contributed by atoms with van der Waals surface area (Å²) in [5, 5.41) is 7.23. The Bertz CT molecular complexity index is 1210. The third-order valence-corrected chi connectivity index (χ3v) is 7.29. The summed E-state index contributed by atoms with van der Waals surface area (Å²) in [6.45, 7) is 4.28. The zero-order valence-electron chi connectivity index (χ0n) is 22.4. The van der Waals surface area contributed by atoms with Crippen molar-refractivity contribution in [3.63, 3.8) is 0 Å². The minimum atomic E-state index is -0.570. The van der Waals surface area contributed by atoms with Gasteiger partial charge in [0.05, 0.1) is 6.54 Å². The highest BCUT2D eigenvalue weighted by Crippen LogP contribution is 2.30. The topological polar surface area (TPSA) is 94.3 Å². The monoisotopic (exact) mass is 516 g/mol. The van der Waals surface area contributed by atoms with Gasteiger partial charge in [0.1, 0.15) is 11.8 Å². The molecule has 2 heterocycles. The van der Waals surface area contributed by atoms with Crippen molar-refractivity contribution in [1.82, 2.24) is 20.5 Å². The second kappa shape index (κ2) is 13.9. The molecule has 1 fully saturated rings. The number of benzene rings is 2. The summed E-state index contributed by atoms with van der Waals surface area (Å²) < 4.78 is 0. The first-order chi connectivity index (χ1) is 18.5. The molecule has 0 radical (unpaired) electrons. The van der Waals surface area contributed by atoms with E-state index in [-0.39, 0.29) is 17.6 Å². The van der Waals surface area contributed by atoms with Gasteiger partial charge in [-0.05, 0) is 69.3 Å². The fourth-order valence-electron chi connectivity index (χ4n) is 5.30. The van der Waals surface area contributed by atoms with Gasteiger partial charge >= 0.3 is 0 Å². The third-order valence-electron chi connectivity index (χ3n) is 7.29. The summed E-state index contributed by atoms with van der Waals surface area (Å²) in [6.07, 6.45) is 6.50. The van der Waals surface area contributed by atoms with Gasteiger partial charge in [0.2, 0.25) is 11.8 Å². The van der Waals surface area contributed by atoms with Gasteiger partial charge in [-0.15, -0.1) is 0 Å². The second-order valence-electron chi connectivity index (χ2n) is 10.3. The number of likely N-dealkylation sites (tertiary alicyclic amines) is 1. The molecular formula is C31H40N4O3. The molecule has 0 bridgehead atoms. The maximum absolute atomic E-state index is 13.2. The summed E-state index contributed by atoms with van der Waals surface area (Å²) in [6, 6.07) is 17.9. The summed E-state index contributed by atoms with van der Waals surface area (Å²) in [5.74, 6) is -0.0587. The van der Waals surface area contributed by atoms with Crippen LogP contribution in [0.1, 0.15) is 57.4 Å². The van der Waals surface area contributed by atoms with Gasteiger partial charge in [-0.1, -0.05) is 61.4 Å². The Morgan fingerprint density at radius 1 is 0.947 bits per heavy atom. The number of carbonyl (C=O) groups is 3. The van der Waals surface area contributed by atoms with E-state index in [1.165, 1.54) is 5.56 Å². The van der Waals surface area contributed by atoms with Gasteiger partial charge < -0.3 is 20.4 Å². The Hall–Kier alpha value is -3.45. The van der Waals surface area contributed by atoms with Crippen LogP contribution in [0.4, 0.5) is 0 Å². The lowest BCUT2D eigenvalue weighted by Crippen LogP contribution is -2.49. The largest absolute Gasteiger partial charge is 0.354 e. The second-order valence-corrected chi connectivity index (χ2v) is 10.3. The van der Waals surface area contributed by atoms with E-state index >= 15 is 0 Å². The molecule has 3 aromatic rings. The van der Waals surface area contributed by atoms with Gasteiger partial charge in [-0.25, -0.2) is 0 Å². The van der Waals surface area contributed by atoms with E-state index in [1.54, 1.807) is 6.92 Å². The van der Waals surface area contributed by atoms with Crippen molar-refractivity contribution in [2.45, 2.75) is 64.3 Å². The molecule has 0 spiro atoms. The Kier molecular flexibility index (Phi) is 10.1. The van der Waals surface area contributed by atoms with Crippen LogP contribution in [-0.2, 0) is 20.8 Å². The van der Waals surface area contributed by atoms with Crippen molar-refractivity contribution < 1.29 is 14.4 Å². The number of unbranched alkanes of at least 4 members (excludes halogenated alkanes) is 2. The van der Waals surface area contributed by atoms with E-state index in [1.807, 2.05) is 30.3 Å². The lowest BCUT2D eigenvalue weighted by Gasteiger charge is -2.21. The molecule has 4 rings (SSSR count). The van der Waals surface area contributed by atoms with E-state index in [0.29, 0.717) is 32.4 Å². The number of carbonyl (C=O) groups excluding carboxylic acids is 3. The minimum Gasteiger partial charge on any atom is -0.354 e. The number of H-pyrrole nitrogens is 1. The van der Waals surface area contributed by atoms with Crippen LogP contribution in [-0.4, -0.2) is 59.7 Å². The van der Waals surface area contributed by atoms with Crippen LogP contribution in [0.3, 0.4) is 0 Å². The standard InChI is InChI=1S/C31H40N4O3/c1-23(36)12-4-2-7-17-28(33-29(37)22-35-20-10-11-21-35)31(38)32-19-18-26-25-15-8-9-16-27(25)34-30(26)24-13-5-3-6-14-24/h3,5-6,8-9,13-16,28,34H,2,4,7,10-12,17-22H2,1H3,(H,32,38)(H,33,37)/t28-/m0/s1. The Morgan fingerprint density at radius 2 is 1.68 bits per heavy atom. The molecule has 202 valence electrons. The predicted molar refractivity (Wildman–Crippen MR) is 152 cm³/mol. The average Bonchev–Trinajstić information content (AvgIpc) is 3.56. The maximum Gasteiger partial charge on any atom is 0.242 e. The molecular weight excluding hydrogens is 476 g/mol. The molecule has 2 amide bonds. The molecule has 38 heavy (non-hydrogen) atoms. The average molecular weight is 517 g/mol. The maximum atomic E-state index is 13.2. The number of ketones is 1. The number of amides is 2. The Labute approximate surface area is 225 Å². The number of hydrogen-bond donors (Lipinski definition) is 3. The third kappa shape index (κ3) is 7.78. The lowest BCUT2D eigenvalue weighted by molar-refractivity contribution is -0.129. The number of aromatic amines is 1.